The number of hydrogen-bond donors (Lipinski definition) is 2. The molecule has 16 heavy (non-hydrogen) atoms. The van der Waals surface area contributed by atoms with E-state index in [-0.39, 0.29) is 5.03 Å². The van der Waals surface area contributed by atoms with Gasteiger partial charge in [-0.2, -0.15) is 0 Å². The Morgan fingerprint density at radius 3 is 2.75 bits per heavy atom. The summed E-state index contributed by atoms with van der Waals surface area (Å²) in [6.45, 7) is 4.14. The minimum absolute atomic E-state index is 0.0680. The Morgan fingerprint density at radius 2 is 2.19 bits per heavy atom. The molecule has 0 saturated carbocycles. The SMILES string of the molecule is CCNCCCNS(=O)(=O)c1cn(C)cn1. The van der Waals surface area contributed by atoms with Crippen LogP contribution in [0.4, 0.5) is 0 Å². The molecule has 7 heteroatoms. The molecule has 1 heterocycles. The average Bonchev–Trinajstić information content (AvgIpc) is 2.65. The van der Waals surface area contributed by atoms with Crippen molar-refractivity contribution in [3.05, 3.63) is 12.5 Å². The van der Waals surface area contributed by atoms with E-state index < -0.39 is 10.0 Å². The van der Waals surface area contributed by atoms with Crippen LogP contribution in [0.1, 0.15) is 13.3 Å². The van der Waals surface area contributed by atoms with Gasteiger partial charge in [-0.1, -0.05) is 6.92 Å². The number of rotatable bonds is 7. The maximum Gasteiger partial charge on any atom is 0.259 e. The summed E-state index contributed by atoms with van der Waals surface area (Å²) < 4.78 is 27.4. The zero-order chi connectivity index (χ0) is 12.0. The molecule has 0 aliphatic carbocycles. The smallest absolute Gasteiger partial charge is 0.259 e. The minimum atomic E-state index is -3.44. The van der Waals surface area contributed by atoms with E-state index >= 15 is 0 Å². The van der Waals surface area contributed by atoms with Gasteiger partial charge in [-0.25, -0.2) is 18.1 Å². The predicted molar refractivity (Wildman–Crippen MR) is 61.6 cm³/mol. The molecule has 0 bridgehead atoms. The Labute approximate surface area is 96.1 Å². The zero-order valence-corrected chi connectivity index (χ0v) is 10.4. The van der Waals surface area contributed by atoms with E-state index in [1.807, 2.05) is 6.92 Å². The summed E-state index contributed by atoms with van der Waals surface area (Å²) in [5.41, 5.74) is 0. The molecular formula is C9H18N4O2S. The molecule has 0 unspecified atom stereocenters. The Bertz CT molecular complexity index is 413. The van der Waals surface area contributed by atoms with Crippen LogP contribution in [0.15, 0.2) is 17.6 Å². The van der Waals surface area contributed by atoms with Crippen molar-refractivity contribution >= 4 is 10.0 Å². The van der Waals surface area contributed by atoms with Gasteiger partial charge in [-0.15, -0.1) is 0 Å². The van der Waals surface area contributed by atoms with E-state index in [0.29, 0.717) is 6.54 Å². The number of nitrogens with zero attached hydrogens (tertiary/aromatic N) is 2. The fourth-order valence-corrected chi connectivity index (χ4v) is 2.25. The monoisotopic (exact) mass is 246 g/mol. The first-order valence-electron chi connectivity index (χ1n) is 5.24. The van der Waals surface area contributed by atoms with E-state index in [2.05, 4.69) is 15.0 Å². The number of hydrogen-bond acceptors (Lipinski definition) is 4. The number of nitrogens with one attached hydrogen (secondary N) is 2. The Balaban J connectivity index is 2.41. The van der Waals surface area contributed by atoms with Crippen LogP contribution in [0.2, 0.25) is 0 Å². The molecular weight excluding hydrogens is 228 g/mol. The van der Waals surface area contributed by atoms with Crippen molar-refractivity contribution in [2.75, 3.05) is 19.6 Å². The van der Waals surface area contributed by atoms with Gasteiger partial charge in [0.1, 0.15) is 0 Å². The van der Waals surface area contributed by atoms with Crippen LogP contribution >= 0.6 is 0 Å². The van der Waals surface area contributed by atoms with E-state index in [0.717, 1.165) is 19.5 Å². The fourth-order valence-electron chi connectivity index (χ4n) is 1.20. The molecule has 6 nitrogen and oxygen atoms in total. The van der Waals surface area contributed by atoms with Crippen molar-refractivity contribution in [2.24, 2.45) is 7.05 Å². The van der Waals surface area contributed by atoms with Gasteiger partial charge in [0, 0.05) is 19.8 Å². The number of sulfonamides is 1. The van der Waals surface area contributed by atoms with Crippen molar-refractivity contribution < 1.29 is 8.42 Å². The second-order valence-corrected chi connectivity index (χ2v) is 5.20. The van der Waals surface area contributed by atoms with Crippen molar-refractivity contribution in [3.8, 4) is 0 Å². The molecule has 92 valence electrons. The standard InChI is InChI=1S/C9H18N4O2S/c1-3-10-5-4-6-12-16(14,15)9-7-13(2)8-11-9/h7-8,10,12H,3-6H2,1-2H3. The second-order valence-electron chi connectivity index (χ2n) is 3.48. The Kier molecular flexibility index (Phi) is 4.91. The molecule has 1 aromatic heterocycles. The summed E-state index contributed by atoms with van der Waals surface area (Å²) in [6.07, 6.45) is 3.71. The van der Waals surface area contributed by atoms with E-state index in [9.17, 15) is 8.42 Å². The highest BCUT2D eigenvalue weighted by Gasteiger charge is 2.15. The predicted octanol–water partition coefficient (Wildman–Crippen LogP) is -0.302. The molecule has 0 amide bonds. The first-order valence-corrected chi connectivity index (χ1v) is 6.73. The summed E-state index contributed by atoms with van der Waals surface area (Å²) in [4.78, 5) is 3.80. The van der Waals surface area contributed by atoms with Crippen LogP contribution in [-0.2, 0) is 17.1 Å². The van der Waals surface area contributed by atoms with Gasteiger partial charge in [0.25, 0.3) is 10.0 Å². The zero-order valence-electron chi connectivity index (χ0n) is 9.60. The van der Waals surface area contributed by atoms with Crippen LogP contribution in [-0.4, -0.2) is 37.6 Å². The van der Waals surface area contributed by atoms with E-state index in [4.69, 9.17) is 0 Å². The first kappa shape index (κ1) is 13.1. The minimum Gasteiger partial charge on any atom is -0.339 e. The average molecular weight is 246 g/mol. The van der Waals surface area contributed by atoms with Gasteiger partial charge < -0.3 is 9.88 Å². The van der Waals surface area contributed by atoms with Crippen molar-refractivity contribution in [1.82, 2.24) is 19.6 Å². The second kappa shape index (κ2) is 5.97. The van der Waals surface area contributed by atoms with Gasteiger partial charge in [0.15, 0.2) is 5.03 Å². The molecule has 0 saturated heterocycles. The molecule has 1 aromatic rings. The Morgan fingerprint density at radius 1 is 1.44 bits per heavy atom. The third-order valence-corrected chi connectivity index (χ3v) is 3.37. The Hall–Kier alpha value is -0.920. The molecule has 0 aliphatic rings. The molecule has 0 spiro atoms. The lowest BCUT2D eigenvalue weighted by molar-refractivity contribution is 0.572. The highest BCUT2D eigenvalue weighted by Crippen LogP contribution is 2.03. The topological polar surface area (TPSA) is 76.0 Å². The van der Waals surface area contributed by atoms with Crippen LogP contribution in [0.3, 0.4) is 0 Å². The summed E-state index contributed by atoms with van der Waals surface area (Å²) in [5.74, 6) is 0. The van der Waals surface area contributed by atoms with Gasteiger partial charge in [0.2, 0.25) is 0 Å². The number of imidazole rings is 1. The molecule has 1 rings (SSSR count). The third kappa shape index (κ3) is 3.92. The largest absolute Gasteiger partial charge is 0.339 e. The quantitative estimate of drug-likeness (QED) is 0.648. The van der Waals surface area contributed by atoms with Gasteiger partial charge in [0.05, 0.1) is 6.33 Å². The molecule has 0 aromatic carbocycles. The molecule has 0 fully saturated rings. The first-order chi connectivity index (χ1) is 7.56. The maximum absolute atomic E-state index is 11.7. The van der Waals surface area contributed by atoms with Gasteiger partial charge in [-0.05, 0) is 19.5 Å². The van der Waals surface area contributed by atoms with Crippen molar-refractivity contribution in [2.45, 2.75) is 18.4 Å². The highest BCUT2D eigenvalue weighted by atomic mass is 32.2. The molecule has 0 aliphatic heterocycles. The van der Waals surface area contributed by atoms with Crippen molar-refractivity contribution in [3.63, 3.8) is 0 Å². The van der Waals surface area contributed by atoms with Gasteiger partial charge >= 0.3 is 0 Å². The summed E-state index contributed by atoms with van der Waals surface area (Å²) in [5, 5.41) is 3.19. The lowest BCUT2D eigenvalue weighted by Crippen LogP contribution is -2.27. The van der Waals surface area contributed by atoms with Crippen LogP contribution in [0.25, 0.3) is 0 Å². The summed E-state index contributed by atoms with van der Waals surface area (Å²) in [6, 6.07) is 0. The summed E-state index contributed by atoms with van der Waals surface area (Å²) >= 11 is 0. The van der Waals surface area contributed by atoms with E-state index in [1.54, 1.807) is 11.6 Å². The molecule has 2 N–H and O–H groups in total. The lowest BCUT2D eigenvalue weighted by atomic mass is 10.4. The lowest BCUT2D eigenvalue weighted by Gasteiger charge is -2.04. The van der Waals surface area contributed by atoms with Crippen LogP contribution < -0.4 is 10.0 Å². The van der Waals surface area contributed by atoms with E-state index in [1.165, 1.54) is 12.5 Å². The summed E-state index contributed by atoms with van der Waals surface area (Å²) in [7, 11) is -1.70. The number of aryl methyl sites for hydroxylation is 1. The molecule has 0 radical (unpaired) electrons. The normalized spacial score (nSPS) is 11.9. The number of aromatic nitrogens is 2. The molecule has 0 atom stereocenters. The van der Waals surface area contributed by atoms with Crippen LogP contribution in [0, 0.1) is 0 Å². The fraction of sp³-hybridized carbons (Fsp3) is 0.667. The maximum atomic E-state index is 11.7. The van der Waals surface area contributed by atoms with Crippen LogP contribution in [0.5, 0.6) is 0 Å². The third-order valence-electron chi connectivity index (χ3n) is 2.03. The van der Waals surface area contributed by atoms with Crippen molar-refractivity contribution in [1.29, 1.82) is 0 Å². The van der Waals surface area contributed by atoms with Gasteiger partial charge in [-0.3, -0.25) is 0 Å². The highest BCUT2D eigenvalue weighted by molar-refractivity contribution is 7.89.